The average molecular weight is 288 g/mol. The van der Waals surface area contributed by atoms with Crippen molar-refractivity contribution in [2.45, 2.75) is 63.6 Å². The topological polar surface area (TPSA) is 66.8 Å². The molecule has 0 aromatic rings. The highest BCUT2D eigenvalue weighted by molar-refractivity contribution is 8.14. The quantitative estimate of drug-likeness (QED) is 0.573. The van der Waals surface area contributed by atoms with Crippen molar-refractivity contribution in [2.75, 3.05) is 0 Å². The van der Waals surface area contributed by atoms with Gasteiger partial charge in [0.2, 0.25) is 0 Å². The first-order valence-corrected chi connectivity index (χ1v) is 7.43. The van der Waals surface area contributed by atoms with E-state index in [2.05, 4.69) is 0 Å². The lowest BCUT2D eigenvalue weighted by atomic mass is 9.91. The van der Waals surface area contributed by atoms with Crippen molar-refractivity contribution in [3.05, 3.63) is 12.2 Å². The molecule has 1 aliphatic carbocycles. The second-order valence-electron chi connectivity index (χ2n) is 6.09. The van der Waals surface area contributed by atoms with E-state index in [1.807, 2.05) is 27.7 Å². The van der Waals surface area contributed by atoms with Crippen molar-refractivity contribution in [1.29, 1.82) is 0 Å². The molecule has 110 valence electrons. The van der Waals surface area contributed by atoms with Gasteiger partial charge in [-0.2, -0.15) is 0 Å². The number of carbonyl (C=O) groups is 1. The normalized spacial score (nSPS) is 34.2. The molecule has 0 saturated carbocycles. The molecule has 1 rings (SSSR count). The van der Waals surface area contributed by atoms with Gasteiger partial charge in [0.1, 0.15) is 6.10 Å². The van der Waals surface area contributed by atoms with Crippen molar-refractivity contribution in [3.8, 4) is 0 Å². The largest absolute Gasteiger partial charge is 0.450 e. The van der Waals surface area contributed by atoms with Crippen LogP contribution in [0, 0.1) is 5.92 Å². The van der Waals surface area contributed by atoms with Gasteiger partial charge >= 0.3 is 5.30 Å². The maximum Gasteiger partial charge on any atom is 0.368 e. The van der Waals surface area contributed by atoms with Gasteiger partial charge in [-0.1, -0.05) is 33.8 Å². The van der Waals surface area contributed by atoms with Gasteiger partial charge in [0.25, 0.3) is 0 Å². The molecule has 0 amide bonds. The van der Waals surface area contributed by atoms with E-state index in [-0.39, 0.29) is 22.1 Å². The lowest BCUT2D eigenvalue weighted by molar-refractivity contribution is 0.0387. The third-order valence-electron chi connectivity index (χ3n) is 2.93. The first-order chi connectivity index (χ1) is 8.67. The summed E-state index contributed by atoms with van der Waals surface area (Å²) in [5, 5.41) is 19.2. The summed E-state index contributed by atoms with van der Waals surface area (Å²) in [6.07, 6.45) is 2.56. The van der Waals surface area contributed by atoms with Crippen LogP contribution >= 0.6 is 11.8 Å². The maximum atomic E-state index is 11.8. The molecule has 4 atom stereocenters. The van der Waals surface area contributed by atoms with Gasteiger partial charge in [-0.3, -0.25) is 0 Å². The van der Waals surface area contributed by atoms with Crippen LogP contribution in [-0.4, -0.2) is 38.6 Å². The SMILES string of the molecule is CC1CC(OC(=O)SC(C)(C)C)/C=C/C(O)CC1O. The van der Waals surface area contributed by atoms with Crippen LogP contribution in [0.2, 0.25) is 0 Å². The van der Waals surface area contributed by atoms with Gasteiger partial charge in [0.15, 0.2) is 0 Å². The first kappa shape index (κ1) is 16.5. The number of hydrogen-bond donors (Lipinski definition) is 2. The third-order valence-corrected chi connectivity index (χ3v) is 3.80. The summed E-state index contributed by atoms with van der Waals surface area (Å²) in [5.41, 5.74) is 0. The van der Waals surface area contributed by atoms with Crippen LogP contribution in [0.5, 0.6) is 0 Å². The Morgan fingerprint density at radius 3 is 2.47 bits per heavy atom. The molecule has 19 heavy (non-hydrogen) atoms. The van der Waals surface area contributed by atoms with Gasteiger partial charge < -0.3 is 14.9 Å². The summed E-state index contributed by atoms with van der Waals surface area (Å²) in [7, 11) is 0. The molecule has 5 heteroatoms. The minimum atomic E-state index is -0.686. The molecular formula is C14H24O4S. The molecule has 0 aromatic carbocycles. The Kier molecular flexibility index (Phi) is 5.89. The predicted octanol–water partition coefficient (Wildman–Crippen LogP) is 2.73. The minimum Gasteiger partial charge on any atom is -0.450 e. The summed E-state index contributed by atoms with van der Waals surface area (Å²) in [6.45, 7) is 7.74. The lowest BCUT2D eigenvalue weighted by Crippen LogP contribution is -2.30. The minimum absolute atomic E-state index is 0.0166. The van der Waals surface area contributed by atoms with E-state index >= 15 is 0 Å². The molecule has 0 fully saturated rings. The molecule has 0 saturated heterocycles. The fourth-order valence-electron chi connectivity index (χ4n) is 1.90. The van der Waals surface area contributed by atoms with Gasteiger partial charge in [-0.25, -0.2) is 4.79 Å². The average Bonchev–Trinajstić information content (AvgIpc) is 2.21. The van der Waals surface area contributed by atoms with E-state index in [4.69, 9.17) is 4.74 Å². The summed E-state index contributed by atoms with van der Waals surface area (Å²) < 4.78 is 5.20. The smallest absolute Gasteiger partial charge is 0.368 e. The Hall–Kier alpha value is -0.520. The Labute approximate surface area is 119 Å². The van der Waals surface area contributed by atoms with Crippen molar-refractivity contribution in [2.24, 2.45) is 5.92 Å². The molecule has 2 N–H and O–H groups in total. The van der Waals surface area contributed by atoms with E-state index in [0.29, 0.717) is 12.8 Å². The van der Waals surface area contributed by atoms with Crippen LogP contribution in [0.25, 0.3) is 0 Å². The number of aliphatic hydroxyl groups is 2. The Morgan fingerprint density at radius 1 is 1.26 bits per heavy atom. The van der Waals surface area contributed by atoms with Crippen molar-refractivity contribution >= 4 is 17.1 Å². The summed E-state index contributed by atoms with van der Waals surface area (Å²) >= 11 is 1.15. The fraction of sp³-hybridized carbons (Fsp3) is 0.786. The third kappa shape index (κ3) is 6.45. The number of ether oxygens (including phenoxy) is 1. The summed E-state index contributed by atoms with van der Waals surface area (Å²) in [4.78, 5) is 11.8. The van der Waals surface area contributed by atoms with Crippen LogP contribution in [0.3, 0.4) is 0 Å². The Balaban J connectivity index is 2.63. The molecular weight excluding hydrogens is 264 g/mol. The van der Waals surface area contributed by atoms with Crippen LogP contribution in [0.4, 0.5) is 4.79 Å². The molecule has 1 aliphatic rings. The molecule has 0 heterocycles. The highest BCUT2D eigenvalue weighted by Crippen LogP contribution is 2.28. The van der Waals surface area contributed by atoms with Crippen LogP contribution in [0.15, 0.2) is 12.2 Å². The summed E-state index contributed by atoms with van der Waals surface area (Å²) in [5.74, 6) is -0.0166. The molecule has 0 aliphatic heterocycles. The zero-order valence-corrected chi connectivity index (χ0v) is 12.8. The van der Waals surface area contributed by atoms with Crippen molar-refractivity contribution in [1.82, 2.24) is 0 Å². The van der Waals surface area contributed by atoms with E-state index in [1.54, 1.807) is 12.2 Å². The van der Waals surface area contributed by atoms with Crippen LogP contribution < -0.4 is 0 Å². The van der Waals surface area contributed by atoms with E-state index < -0.39 is 12.2 Å². The first-order valence-electron chi connectivity index (χ1n) is 6.61. The summed E-state index contributed by atoms with van der Waals surface area (Å²) in [6, 6.07) is 0. The second kappa shape index (κ2) is 6.77. The Bertz CT molecular complexity index is 335. The fourth-order valence-corrected chi connectivity index (χ4v) is 2.57. The van der Waals surface area contributed by atoms with Crippen molar-refractivity contribution < 1.29 is 19.7 Å². The zero-order chi connectivity index (χ0) is 14.6. The molecule has 0 bridgehead atoms. The number of hydrogen-bond acceptors (Lipinski definition) is 5. The number of rotatable bonds is 1. The maximum absolute atomic E-state index is 11.8. The molecule has 4 nitrogen and oxygen atoms in total. The predicted molar refractivity (Wildman–Crippen MR) is 77.2 cm³/mol. The van der Waals surface area contributed by atoms with Gasteiger partial charge in [-0.05, 0) is 30.2 Å². The molecule has 0 aromatic heterocycles. The molecule has 4 unspecified atom stereocenters. The molecule has 0 spiro atoms. The standard InChI is InChI=1S/C14H24O4S/c1-9-7-11(6-5-10(15)8-12(9)16)18-13(17)19-14(2,3)4/h5-6,9-12,15-16H,7-8H2,1-4H3/b6-5+. The van der Waals surface area contributed by atoms with E-state index in [9.17, 15) is 15.0 Å². The second-order valence-corrected chi connectivity index (χ2v) is 7.85. The number of thioether (sulfide) groups is 1. The van der Waals surface area contributed by atoms with Crippen LogP contribution in [-0.2, 0) is 4.74 Å². The lowest BCUT2D eigenvalue weighted by Gasteiger charge is -2.27. The van der Waals surface area contributed by atoms with Gasteiger partial charge in [0, 0.05) is 11.2 Å². The monoisotopic (exact) mass is 288 g/mol. The zero-order valence-electron chi connectivity index (χ0n) is 12.0. The van der Waals surface area contributed by atoms with Gasteiger partial charge in [0.05, 0.1) is 12.2 Å². The Morgan fingerprint density at radius 2 is 1.89 bits per heavy atom. The number of aliphatic hydroxyl groups excluding tert-OH is 2. The van der Waals surface area contributed by atoms with Crippen molar-refractivity contribution in [3.63, 3.8) is 0 Å². The van der Waals surface area contributed by atoms with Gasteiger partial charge in [-0.15, -0.1) is 0 Å². The highest BCUT2D eigenvalue weighted by Gasteiger charge is 2.26. The van der Waals surface area contributed by atoms with E-state index in [1.165, 1.54) is 0 Å². The van der Waals surface area contributed by atoms with Crippen LogP contribution in [0.1, 0.15) is 40.5 Å². The number of carbonyl (C=O) groups excluding carboxylic acids is 1. The van der Waals surface area contributed by atoms with E-state index in [0.717, 1.165) is 11.8 Å². The highest BCUT2D eigenvalue weighted by atomic mass is 32.2. The molecule has 0 radical (unpaired) electrons.